The first-order valence-electron chi connectivity index (χ1n) is 3.49. The molecule has 0 fully saturated rings. The first kappa shape index (κ1) is 8.93. The van der Waals surface area contributed by atoms with Gasteiger partial charge >= 0.3 is 6.05 Å². The Hall–Kier alpha value is -1.16. The third-order valence-corrected chi connectivity index (χ3v) is 1.59. The average Bonchev–Trinajstić information content (AvgIpc) is 2.05. The van der Waals surface area contributed by atoms with Crippen LogP contribution in [0.4, 0.5) is 14.5 Å². The number of nitrogens with one attached hydrogen (secondary N) is 1. The molecule has 0 aliphatic heterocycles. The summed E-state index contributed by atoms with van der Waals surface area (Å²) in [6, 6.07) is 2.51. The lowest BCUT2D eigenvalue weighted by molar-refractivity contribution is -0.0335. The van der Waals surface area contributed by atoms with E-state index in [9.17, 15) is 8.78 Å². The van der Waals surface area contributed by atoms with Gasteiger partial charge in [0.25, 0.3) is 0 Å². The molecule has 1 aromatic rings. The van der Waals surface area contributed by atoms with Crippen LogP contribution in [0.15, 0.2) is 24.3 Å². The Balaban J connectivity index is 2.96. The number of hydrogen-bond donors (Lipinski definition) is 2. The molecule has 0 radical (unpaired) electrons. The fourth-order valence-electron chi connectivity index (χ4n) is 0.837. The fraction of sp³-hybridized carbons (Fsp3) is 0.250. The van der Waals surface area contributed by atoms with E-state index in [-0.39, 0.29) is 5.56 Å². The third-order valence-electron chi connectivity index (χ3n) is 1.59. The summed E-state index contributed by atoms with van der Waals surface area (Å²) in [5.41, 5.74) is 5.74. The van der Waals surface area contributed by atoms with Crippen LogP contribution < -0.4 is 11.1 Å². The molecule has 4 heteroatoms. The summed E-state index contributed by atoms with van der Waals surface area (Å²) >= 11 is 0. The van der Waals surface area contributed by atoms with Crippen molar-refractivity contribution in [1.29, 1.82) is 0 Å². The Morgan fingerprint density at radius 3 is 2.17 bits per heavy atom. The molecular weight excluding hydrogens is 162 g/mol. The molecular formula is C8H10F2N2. The molecule has 0 aliphatic carbocycles. The molecule has 0 bridgehead atoms. The van der Waals surface area contributed by atoms with Crippen LogP contribution in [0.3, 0.4) is 0 Å². The minimum atomic E-state index is -2.98. The number of anilines is 1. The molecule has 1 rings (SSSR count). The van der Waals surface area contributed by atoms with Gasteiger partial charge in [-0.1, -0.05) is 0 Å². The molecule has 0 unspecified atom stereocenters. The molecule has 2 nitrogen and oxygen atoms in total. The third kappa shape index (κ3) is 1.71. The summed E-state index contributed by atoms with van der Waals surface area (Å²) in [6.07, 6.45) is 0. The van der Waals surface area contributed by atoms with E-state index in [1.54, 1.807) is 0 Å². The highest BCUT2D eigenvalue weighted by atomic mass is 19.3. The van der Waals surface area contributed by atoms with Gasteiger partial charge in [-0.15, -0.1) is 0 Å². The fourth-order valence-corrected chi connectivity index (χ4v) is 0.837. The molecule has 0 saturated carbocycles. The second kappa shape index (κ2) is 3.06. The van der Waals surface area contributed by atoms with Gasteiger partial charge in [-0.2, -0.15) is 8.78 Å². The Morgan fingerprint density at radius 2 is 1.75 bits per heavy atom. The van der Waals surface area contributed by atoms with E-state index < -0.39 is 6.05 Å². The van der Waals surface area contributed by atoms with E-state index in [1.807, 2.05) is 5.32 Å². The standard InChI is InChI=1S/C8H10F2N2/c1-12-8(9,10)6-2-4-7(11)5-3-6/h2-5,12H,11H2,1H3. The van der Waals surface area contributed by atoms with E-state index in [1.165, 1.54) is 31.3 Å². The first-order chi connectivity index (χ1) is 5.56. The van der Waals surface area contributed by atoms with Gasteiger partial charge < -0.3 is 5.73 Å². The maximum Gasteiger partial charge on any atom is 0.329 e. The summed E-state index contributed by atoms with van der Waals surface area (Å²) in [5.74, 6) is 0. The largest absolute Gasteiger partial charge is 0.399 e. The lowest BCUT2D eigenvalue weighted by Gasteiger charge is -2.14. The van der Waals surface area contributed by atoms with Crippen molar-refractivity contribution in [3.63, 3.8) is 0 Å². The summed E-state index contributed by atoms with van der Waals surface area (Å²) in [5, 5.41) is 1.90. The minimum absolute atomic E-state index is 0.0841. The van der Waals surface area contributed by atoms with Crippen LogP contribution in [0.25, 0.3) is 0 Å². The SMILES string of the molecule is CNC(F)(F)c1ccc(N)cc1. The maximum atomic E-state index is 12.9. The van der Waals surface area contributed by atoms with Crippen molar-refractivity contribution >= 4 is 5.69 Å². The second-order valence-corrected chi connectivity index (χ2v) is 2.45. The van der Waals surface area contributed by atoms with E-state index in [4.69, 9.17) is 5.73 Å². The van der Waals surface area contributed by atoms with Crippen LogP contribution >= 0.6 is 0 Å². The highest BCUT2D eigenvalue weighted by molar-refractivity contribution is 5.40. The van der Waals surface area contributed by atoms with Crippen LogP contribution in [-0.2, 0) is 6.05 Å². The molecule has 0 spiro atoms. The number of nitrogens with two attached hydrogens (primary N) is 1. The summed E-state index contributed by atoms with van der Waals surface area (Å²) in [6.45, 7) is 0. The summed E-state index contributed by atoms with van der Waals surface area (Å²) in [7, 11) is 1.20. The van der Waals surface area contributed by atoms with Gasteiger partial charge in [0.05, 0.1) is 0 Å². The first-order valence-corrected chi connectivity index (χ1v) is 3.49. The van der Waals surface area contributed by atoms with Crippen LogP contribution in [0.2, 0.25) is 0 Å². The number of alkyl halides is 2. The predicted octanol–water partition coefficient (Wildman–Crippen LogP) is 1.54. The quantitative estimate of drug-likeness (QED) is 0.524. The minimum Gasteiger partial charge on any atom is -0.399 e. The van der Waals surface area contributed by atoms with Crippen molar-refractivity contribution in [2.75, 3.05) is 12.8 Å². The average molecular weight is 172 g/mol. The predicted molar refractivity (Wildman–Crippen MR) is 43.8 cm³/mol. The van der Waals surface area contributed by atoms with E-state index in [0.29, 0.717) is 5.69 Å². The maximum absolute atomic E-state index is 12.9. The van der Waals surface area contributed by atoms with E-state index >= 15 is 0 Å². The lowest BCUT2D eigenvalue weighted by Crippen LogP contribution is -2.29. The zero-order valence-electron chi connectivity index (χ0n) is 6.64. The Bertz CT molecular complexity index is 256. The van der Waals surface area contributed by atoms with E-state index in [0.717, 1.165) is 0 Å². The number of rotatable bonds is 2. The van der Waals surface area contributed by atoms with Crippen molar-refractivity contribution in [3.8, 4) is 0 Å². The number of hydrogen-bond acceptors (Lipinski definition) is 2. The highest BCUT2D eigenvalue weighted by Crippen LogP contribution is 2.24. The van der Waals surface area contributed by atoms with Crippen molar-refractivity contribution in [1.82, 2.24) is 5.32 Å². The van der Waals surface area contributed by atoms with Gasteiger partial charge in [-0.3, -0.25) is 5.32 Å². The van der Waals surface area contributed by atoms with Gasteiger partial charge in [0.1, 0.15) is 0 Å². The molecule has 12 heavy (non-hydrogen) atoms. The van der Waals surface area contributed by atoms with Crippen LogP contribution in [0.5, 0.6) is 0 Å². The molecule has 0 heterocycles. The van der Waals surface area contributed by atoms with Crippen molar-refractivity contribution < 1.29 is 8.78 Å². The van der Waals surface area contributed by atoms with Gasteiger partial charge in [0.2, 0.25) is 0 Å². The zero-order valence-corrected chi connectivity index (χ0v) is 6.64. The normalized spacial score (nSPS) is 11.6. The topological polar surface area (TPSA) is 38.0 Å². The smallest absolute Gasteiger partial charge is 0.329 e. The monoisotopic (exact) mass is 172 g/mol. The van der Waals surface area contributed by atoms with Gasteiger partial charge in [0, 0.05) is 11.3 Å². The second-order valence-electron chi connectivity index (χ2n) is 2.45. The van der Waals surface area contributed by atoms with Gasteiger partial charge in [0.15, 0.2) is 0 Å². The molecule has 0 saturated heterocycles. The van der Waals surface area contributed by atoms with Crippen molar-refractivity contribution in [2.45, 2.75) is 6.05 Å². The van der Waals surface area contributed by atoms with Crippen LogP contribution in [-0.4, -0.2) is 7.05 Å². The van der Waals surface area contributed by atoms with Gasteiger partial charge in [-0.25, -0.2) is 0 Å². The zero-order chi connectivity index (χ0) is 9.19. The van der Waals surface area contributed by atoms with Crippen molar-refractivity contribution in [2.24, 2.45) is 0 Å². The lowest BCUT2D eigenvalue weighted by atomic mass is 10.2. The molecule has 0 aromatic heterocycles. The molecule has 66 valence electrons. The molecule has 3 N–H and O–H groups in total. The molecule has 1 aromatic carbocycles. The van der Waals surface area contributed by atoms with Crippen LogP contribution in [0, 0.1) is 0 Å². The summed E-state index contributed by atoms with van der Waals surface area (Å²) in [4.78, 5) is 0. The van der Waals surface area contributed by atoms with E-state index in [2.05, 4.69) is 0 Å². The number of halogens is 2. The highest BCUT2D eigenvalue weighted by Gasteiger charge is 2.28. The Kier molecular flexibility index (Phi) is 2.28. The number of benzene rings is 1. The molecule has 0 atom stereocenters. The Labute approximate surface area is 69.4 Å². The Morgan fingerprint density at radius 1 is 1.25 bits per heavy atom. The van der Waals surface area contributed by atoms with Crippen LogP contribution in [0.1, 0.15) is 5.56 Å². The summed E-state index contributed by atoms with van der Waals surface area (Å²) < 4.78 is 25.7. The molecule has 0 amide bonds. The number of nitrogen functional groups attached to an aromatic ring is 1. The van der Waals surface area contributed by atoms with Crippen molar-refractivity contribution in [3.05, 3.63) is 29.8 Å². The van der Waals surface area contributed by atoms with Gasteiger partial charge in [-0.05, 0) is 31.3 Å². The molecule has 0 aliphatic rings.